The van der Waals surface area contributed by atoms with Crippen molar-refractivity contribution in [2.24, 2.45) is 0 Å². The summed E-state index contributed by atoms with van der Waals surface area (Å²) in [6.07, 6.45) is 11.4. The third-order valence-corrected chi connectivity index (χ3v) is 6.67. The van der Waals surface area contributed by atoms with E-state index in [1.807, 2.05) is 0 Å². The summed E-state index contributed by atoms with van der Waals surface area (Å²) in [5, 5.41) is 3.78. The van der Waals surface area contributed by atoms with E-state index < -0.39 is 0 Å². The van der Waals surface area contributed by atoms with Gasteiger partial charge in [0, 0.05) is 36.3 Å². The molecule has 4 heterocycles. The van der Waals surface area contributed by atoms with E-state index in [2.05, 4.69) is 29.2 Å². The highest BCUT2D eigenvalue weighted by Crippen LogP contribution is 2.38. The van der Waals surface area contributed by atoms with Crippen LogP contribution in [0.3, 0.4) is 0 Å². The van der Waals surface area contributed by atoms with Gasteiger partial charge in [-0.25, -0.2) is 0 Å². The van der Waals surface area contributed by atoms with Crippen LogP contribution in [0.15, 0.2) is 0 Å². The second-order valence-electron chi connectivity index (χ2n) is 7.60. The van der Waals surface area contributed by atoms with Crippen molar-refractivity contribution in [2.75, 3.05) is 14.1 Å². The van der Waals surface area contributed by atoms with Crippen LogP contribution in [0, 0.1) is 0 Å². The summed E-state index contributed by atoms with van der Waals surface area (Å²) in [5.74, 6) is 0. The molecule has 1 N–H and O–H groups in total. The van der Waals surface area contributed by atoms with E-state index in [4.69, 9.17) is 0 Å². The molecule has 4 aliphatic heterocycles. The molecule has 0 aromatic carbocycles. The van der Waals surface area contributed by atoms with Gasteiger partial charge in [-0.15, -0.1) is 0 Å². The fraction of sp³-hybridized carbons (Fsp3) is 1.00. The van der Waals surface area contributed by atoms with Gasteiger partial charge in [-0.1, -0.05) is 0 Å². The molecule has 0 radical (unpaired) electrons. The van der Waals surface area contributed by atoms with Crippen LogP contribution in [0.25, 0.3) is 0 Å². The minimum Gasteiger partial charge on any atom is -0.311 e. The van der Waals surface area contributed by atoms with E-state index in [0.717, 1.165) is 36.3 Å². The fourth-order valence-electron chi connectivity index (χ4n) is 5.37. The Balaban J connectivity index is 1.42. The lowest BCUT2D eigenvalue weighted by molar-refractivity contribution is 0.0504. The van der Waals surface area contributed by atoms with Gasteiger partial charge in [-0.05, 0) is 65.5 Å². The quantitative estimate of drug-likeness (QED) is 0.820. The zero-order valence-electron chi connectivity index (χ0n) is 12.5. The van der Waals surface area contributed by atoms with Crippen LogP contribution < -0.4 is 5.32 Å². The van der Waals surface area contributed by atoms with Crippen LogP contribution in [0.5, 0.6) is 0 Å². The third-order valence-electron chi connectivity index (χ3n) is 6.67. The first-order chi connectivity index (χ1) is 9.20. The average Bonchev–Trinajstić information content (AvgIpc) is 2.84. The van der Waals surface area contributed by atoms with Gasteiger partial charge in [0.05, 0.1) is 0 Å². The lowest BCUT2D eigenvalue weighted by Gasteiger charge is -2.45. The predicted molar refractivity (Wildman–Crippen MR) is 78.3 cm³/mol. The number of nitrogens with zero attached hydrogens (tertiary/aromatic N) is 2. The number of hydrogen-bond acceptors (Lipinski definition) is 3. The van der Waals surface area contributed by atoms with E-state index in [9.17, 15) is 0 Å². The van der Waals surface area contributed by atoms with Crippen LogP contribution in [0.4, 0.5) is 0 Å². The van der Waals surface area contributed by atoms with Gasteiger partial charge in [0.2, 0.25) is 0 Å². The maximum Gasteiger partial charge on any atom is 0.0125 e. The Kier molecular flexibility index (Phi) is 3.13. The van der Waals surface area contributed by atoms with E-state index in [1.54, 1.807) is 0 Å². The van der Waals surface area contributed by atoms with E-state index >= 15 is 0 Å². The second-order valence-corrected chi connectivity index (χ2v) is 7.60. The molecule has 3 nitrogen and oxygen atoms in total. The lowest BCUT2D eigenvalue weighted by Crippen LogP contribution is -2.54. The van der Waals surface area contributed by atoms with Crippen molar-refractivity contribution in [1.82, 2.24) is 15.1 Å². The van der Waals surface area contributed by atoms with E-state index in [-0.39, 0.29) is 0 Å². The molecule has 4 unspecified atom stereocenters. The minimum absolute atomic E-state index is 0.828. The molecule has 0 aromatic heterocycles. The molecule has 0 aliphatic carbocycles. The molecule has 108 valence electrons. The maximum atomic E-state index is 3.78. The van der Waals surface area contributed by atoms with Gasteiger partial charge < -0.3 is 15.1 Å². The van der Waals surface area contributed by atoms with Crippen LogP contribution in [-0.2, 0) is 0 Å². The monoisotopic (exact) mass is 263 g/mol. The normalized spacial score (nSPS) is 50.1. The summed E-state index contributed by atoms with van der Waals surface area (Å²) in [5.41, 5.74) is 0. The first-order valence-electron chi connectivity index (χ1n) is 8.40. The van der Waals surface area contributed by atoms with Gasteiger partial charge in [-0.2, -0.15) is 0 Å². The molecule has 4 atom stereocenters. The van der Waals surface area contributed by atoms with Gasteiger partial charge in [0.25, 0.3) is 0 Å². The first kappa shape index (κ1) is 12.6. The highest BCUT2D eigenvalue weighted by atomic mass is 15.2. The molecule has 4 fully saturated rings. The van der Waals surface area contributed by atoms with Crippen LogP contribution >= 0.6 is 0 Å². The van der Waals surface area contributed by atoms with E-state index in [0.29, 0.717) is 0 Å². The summed E-state index contributed by atoms with van der Waals surface area (Å²) in [7, 11) is 4.77. The third kappa shape index (κ3) is 2.14. The van der Waals surface area contributed by atoms with Crippen molar-refractivity contribution in [3.05, 3.63) is 0 Å². The van der Waals surface area contributed by atoms with Crippen molar-refractivity contribution >= 4 is 0 Å². The first-order valence-corrected chi connectivity index (χ1v) is 8.40. The summed E-state index contributed by atoms with van der Waals surface area (Å²) in [4.78, 5) is 5.45. The molecule has 4 rings (SSSR count). The zero-order chi connectivity index (χ0) is 13.0. The smallest absolute Gasteiger partial charge is 0.0125 e. The number of fused-ring (bicyclic) bond motifs is 4. The van der Waals surface area contributed by atoms with Crippen molar-refractivity contribution < 1.29 is 0 Å². The van der Waals surface area contributed by atoms with Crippen LogP contribution in [0.1, 0.15) is 51.4 Å². The minimum atomic E-state index is 0.828. The summed E-state index contributed by atoms with van der Waals surface area (Å²) >= 11 is 0. The average molecular weight is 263 g/mol. The Bertz CT molecular complexity index is 319. The largest absolute Gasteiger partial charge is 0.311 e. The van der Waals surface area contributed by atoms with Gasteiger partial charge in [-0.3, -0.25) is 0 Å². The molecule has 0 amide bonds. The van der Waals surface area contributed by atoms with Crippen molar-refractivity contribution in [2.45, 2.75) is 87.6 Å². The van der Waals surface area contributed by atoms with Crippen LogP contribution in [-0.4, -0.2) is 60.1 Å². The number of piperidine rings is 2. The van der Waals surface area contributed by atoms with Gasteiger partial charge in [0.15, 0.2) is 0 Å². The predicted octanol–water partition coefficient (Wildman–Crippen LogP) is 1.83. The SMILES string of the molecule is CN1C2CCC1CC(N(C)C1CC3CCC(C1)N3)C2. The molecule has 4 aliphatic rings. The van der Waals surface area contributed by atoms with Crippen molar-refractivity contribution in [1.29, 1.82) is 0 Å². The highest BCUT2D eigenvalue weighted by Gasteiger charge is 2.42. The zero-order valence-corrected chi connectivity index (χ0v) is 12.5. The van der Waals surface area contributed by atoms with Crippen molar-refractivity contribution in [3.63, 3.8) is 0 Å². The van der Waals surface area contributed by atoms with Gasteiger partial charge >= 0.3 is 0 Å². The molecule has 0 aromatic rings. The van der Waals surface area contributed by atoms with Crippen molar-refractivity contribution in [3.8, 4) is 0 Å². The second kappa shape index (κ2) is 4.71. The Morgan fingerprint density at radius 2 is 1.37 bits per heavy atom. The Morgan fingerprint density at radius 3 is 1.95 bits per heavy atom. The van der Waals surface area contributed by atoms with E-state index in [1.165, 1.54) is 51.4 Å². The molecular weight excluding hydrogens is 234 g/mol. The summed E-state index contributed by atoms with van der Waals surface area (Å²) < 4.78 is 0. The maximum absolute atomic E-state index is 3.78. The lowest BCUT2D eigenvalue weighted by atomic mass is 9.92. The summed E-state index contributed by atoms with van der Waals surface area (Å²) in [6, 6.07) is 5.13. The fourth-order valence-corrected chi connectivity index (χ4v) is 5.37. The Hall–Kier alpha value is -0.120. The van der Waals surface area contributed by atoms with Gasteiger partial charge in [0.1, 0.15) is 0 Å². The molecular formula is C16H29N3. The molecule has 4 saturated heterocycles. The topological polar surface area (TPSA) is 18.5 Å². The molecule has 3 heteroatoms. The molecule has 19 heavy (non-hydrogen) atoms. The number of hydrogen-bond donors (Lipinski definition) is 1. The standard InChI is InChI=1S/C16H29N3/c1-18-13-5-6-14(18)10-16(9-13)19(2)15-7-11-3-4-12(8-15)17-11/h11-17H,3-10H2,1-2H3. The molecule has 0 saturated carbocycles. The highest BCUT2D eigenvalue weighted by molar-refractivity contribution is 5.00. The number of nitrogens with one attached hydrogen (secondary N) is 1. The Labute approximate surface area is 117 Å². The number of rotatable bonds is 2. The summed E-state index contributed by atoms with van der Waals surface area (Å²) in [6.45, 7) is 0. The molecule has 4 bridgehead atoms. The Morgan fingerprint density at radius 1 is 0.842 bits per heavy atom. The molecule has 0 spiro atoms. The van der Waals surface area contributed by atoms with Crippen LogP contribution in [0.2, 0.25) is 0 Å².